The molecule has 3 aromatic rings. The Balaban J connectivity index is 1.92. The first kappa shape index (κ1) is 26.0. The number of aromatic nitrogens is 3. The first-order chi connectivity index (χ1) is 16.0. The summed E-state index contributed by atoms with van der Waals surface area (Å²) < 4.78 is 6.68. The van der Waals surface area contributed by atoms with Crippen molar-refractivity contribution in [1.82, 2.24) is 19.4 Å². The Morgan fingerprint density at radius 1 is 1.12 bits per heavy atom. The molecule has 0 spiro atoms. The van der Waals surface area contributed by atoms with E-state index in [9.17, 15) is 14.4 Å². The van der Waals surface area contributed by atoms with Gasteiger partial charge >= 0.3 is 5.97 Å². The highest BCUT2D eigenvalue weighted by molar-refractivity contribution is 7.18. The molecule has 0 atom stereocenters. The standard InChI is InChI=1S/C23H31N5O4S2/c1-8-27(9-2)10-16-25-20-18(13(5)15(7)33-20)21(30)28(16)11-17(29)26-23-24-14(6)19(34-23)22(31)32-12(3)4/h12H,8-11H2,1-7H3,(H,24,26,29). The smallest absolute Gasteiger partial charge is 0.350 e. The summed E-state index contributed by atoms with van der Waals surface area (Å²) in [5.74, 6) is -0.332. The van der Waals surface area contributed by atoms with E-state index in [0.29, 0.717) is 33.2 Å². The molecule has 0 bridgehead atoms. The number of hydrogen-bond donors (Lipinski definition) is 1. The van der Waals surface area contributed by atoms with E-state index < -0.39 is 11.9 Å². The van der Waals surface area contributed by atoms with Crippen molar-refractivity contribution < 1.29 is 14.3 Å². The van der Waals surface area contributed by atoms with E-state index in [2.05, 4.69) is 15.2 Å². The molecule has 3 aromatic heterocycles. The number of carbonyl (C=O) groups excluding carboxylic acids is 2. The lowest BCUT2D eigenvalue weighted by Gasteiger charge is -2.20. The van der Waals surface area contributed by atoms with Gasteiger partial charge in [-0.1, -0.05) is 25.2 Å². The molecule has 0 aromatic carbocycles. The van der Waals surface area contributed by atoms with E-state index in [0.717, 1.165) is 34.9 Å². The molecular formula is C23H31N5O4S2. The lowest BCUT2D eigenvalue weighted by atomic mass is 10.2. The lowest BCUT2D eigenvalue weighted by Crippen LogP contribution is -2.34. The Labute approximate surface area is 206 Å². The number of amides is 1. The second kappa shape index (κ2) is 10.7. The Hall–Kier alpha value is -2.63. The van der Waals surface area contributed by atoms with Crippen molar-refractivity contribution in [1.29, 1.82) is 0 Å². The Morgan fingerprint density at radius 2 is 1.79 bits per heavy atom. The predicted molar refractivity (Wildman–Crippen MR) is 136 cm³/mol. The van der Waals surface area contributed by atoms with Crippen LogP contribution in [0.1, 0.15) is 59.3 Å². The van der Waals surface area contributed by atoms with Crippen LogP contribution >= 0.6 is 22.7 Å². The molecule has 0 radical (unpaired) electrons. The number of thiazole rings is 1. The monoisotopic (exact) mass is 505 g/mol. The zero-order valence-corrected chi connectivity index (χ0v) is 22.3. The van der Waals surface area contributed by atoms with Crippen molar-refractivity contribution in [2.45, 2.75) is 67.7 Å². The number of hydrogen-bond acceptors (Lipinski definition) is 9. The molecule has 0 aliphatic rings. The Morgan fingerprint density at radius 3 is 2.41 bits per heavy atom. The SMILES string of the molecule is CCN(CC)Cc1nc2sc(C)c(C)c2c(=O)n1CC(=O)Nc1nc(C)c(C(=O)OC(C)C)s1. The summed E-state index contributed by atoms with van der Waals surface area (Å²) in [6, 6.07) is 0. The molecular weight excluding hydrogens is 474 g/mol. The van der Waals surface area contributed by atoms with E-state index in [1.54, 1.807) is 20.8 Å². The Bertz CT molecular complexity index is 1270. The van der Waals surface area contributed by atoms with Crippen LogP contribution in [0.4, 0.5) is 5.13 Å². The number of esters is 1. The highest BCUT2D eigenvalue weighted by Gasteiger charge is 2.22. The summed E-state index contributed by atoms with van der Waals surface area (Å²) in [6.07, 6.45) is -0.255. The molecule has 1 N–H and O–H groups in total. The van der Waals surface area contributed by atoms with Crippen LogP contribution in [0.15, 0.2) is 4.79 Å². The van der Waals surface area contributed by atoms with Crippen LogP contribution in [-0.2, 0) is 22.6 Å². The number of aryl methyl sites for hydroxylation is 3. The van der Waals surface area contributed by atoms with Crippen LogP contribution in [0, 0.1) is 20.8 Å². The minimum absolute atomic E-state index is 0.197. The summed E-state index contributed by atoms with van der Waals surface area (Å²) in [7, 11) is 0. The molecule has 0 unspecified atom stereocenters. The zero-order valence-electron chi connectivity index (χ0n) is 20.6. The van der Waals surface area contributed by atoms with E-state index >= 15 is 0 Å². The minimum Gasteiger partial charge on any atom is -0.459 e. The fourth-order valence-electron chi connectivity index (χ4n) is 3.51. The van der Waals surface area contributed by atoms with Gasteiger partial charge in [-0.25, -0.2) is 14.8 Å². The second-order valence-corrected chi connectivity index (χ2v) is 10.5. The topological polar surface area (TPSA) is 106 Å². The molecule has 11 heteroatoms. The molecule has 3 rings (SSSR count). The van der Waals surface area contributed by atoms with Crippen molar-refractivity contribution in [3.8, 4) is 0 Å². The van der Waals surface area contributed by atoms with Crippen molar-refractivity contribution >= 4 is 49.9 Å². The molecule has 9 nitrogen and oxygen atoms in total. The first-order valence-electron chi connectivity index (χ1n) is 11.3. The summed E-state index contributed by atoms with van der Waals surface area (Å²) in [6.45, 7) is 15.1. The third kappa shape index (κ3) is 5.53. The average molecular weight is 506 g/mol. The summed E-state index contributed by atoms with van der Waals surface area (Å²) in [4.78, 5) is 51.9. The van der Waals surface area contributed by atoms with Gasteiger partial charge in [0.05, 0.1) is 23.7 Å². The van der Waals surface area contributed by atoms with Gasteiger partial charge in [-0.15, -0.1) is 11.3 Å². The number of ether oxygens (including phenoxy) is 1. The molecule has 0 aliphatic heterocycles. The molecule has 0 aliphatic carbocycles. The molecule has 0 fully saturated rings. The number of anilines is 1. The van der Waals surface area contributed by atoms with Gasteiger partial charge in [-0.2, -0.15) is 0 Å². The largest absolute Gasteiger partial charge is 0.459 e. The molecule has 3 heterocycles. The molecule has 0 saturated carbocycles. The molecule has 34 heavy (non-hydrogen) atoms. The number of fused-ring (bicyclic) bond motifs is 1. The number of rotatable bonds is 9. The van der Waals surface area contributed by atoms with Gasteiger partial charge in [-0.3, -0.25) is 19.1 Å². The maximum Gasteiger partial charge on any atom is 0.350 e. The summed E-state index contributed by atoms with van der Waals surface area (Å²) in [5.41, 5.74) is 1.16. The van der Waals surface area contributed by atoms with Crippen LogP contribution in [-0.4, -0.2) is 50.5 Å². The third-order valence-corrected chi connectivity index (χ3v) is 7.65. The van der Waals surface area contributed by atoms with E-state index in [1.165, 1.54) is 15.9 Å². The van der Waals surface area contributed by atoms with Crippen molar-refractivity contribution in [3.05, 3.63) is 37.2 Å². The zero-order chi connectivity index (χ0) is 25.2. The van der Waals surface area contributed by atoms with Gasteiger partial charge in [0.25, 0.3) is 5.56 Å². The van der Waals surface area contributed by atoms with Crippen LogP contribution in [0.3, 0.4) is 0 Å². The number of nitrogens with one attached hydrogen (secondary N) is 1. The number of carbonyl (C=O) groups is 2. The fourth-order valence-corrected chi connectivity index (χ4v) is 5.41. The van der Waals surface area contributed by atoms with E-state index in [1.807, 2.05) is 27.7 Å². The van der Waals surface area contributed by atoms with Gasteiger partial charge in [0, 0.05) is 4.88 Å². The van der Waals surface area contributed by atoms with Gasteiger partial charge in [-0.05, 0) is 53.3 Å². The summed E-state index contributed by atoms with van der Waals surface area (Å²) in [5, 5.41) is 3.57. The first-order valence-corrected chi connectivity index (χ1v) is 12.9. The maximum absolute atomic E-state index is 13.4. The van der Waals surface area contributed by atoms with Crippen molar-refractivity contribution in [2.75, 3.05) is 18.4 Å². The third-order valence-electron chi connectivity index (χ3n) is 5.50. The predicted octanol–water partition coefficient (Wildman–Crippen LogP) is 3.89. The van der Waals surface area contributed by atoms with Crippen LogP contribution in [0.5, 0.6) is 0 Å². The van der Waals surface area contributed by atoms with Gasteiger partial charge in [0.2, 0.25) is 5.91 Å². The fraction of sp³-hybridized carbons (Fsp3) is 0.522. The van der Waals surface area contributed by atoms with Crippen LogP contribution in [0.2, 0.25) is 0 Å². The normalized spacial score (nSPS) is 11.6. The minimum atomic E-state index is -0.471. The van der Waals surface area contributed by atoms with E-state index in [-0.39, 0.29) is 23.3 Å². The van der Waals surface area contributed by atoms with Gasteiger partial charge < -0.3 is 10.1 Å². The average Bonchev–Trinajstić information content (AvgIpc) is 3.26. The highest BCUT2D eigenvalue weighted by atomic mass is 32.1. The maximum atomic E-state index is 13.4. The second-order valence-electron chi connectivity index (χ2n) is 8.28. The number of thiophene rings is 1. The molecule has 1 amide bonds. The number of nitrogens with zero attached hydrogens (tertiary/aromatic N) is 4. The highest BCUT2D eigenvalue weighted by Crippen LogP contribution is 2.27. The summed E-state index contributed by atoms with van der Waals surface area (Å²) >= 11 is 2.55. The quantitative estimate of drug-likeness (QED) is 0.440. The Kier molecular flexibility index (Phi) is 8.21. The van der Waals surface area contributed by atoms with Crippen molar-refractivity contribution in [3.63, 3.8) is 0 Å². The molecule has 0 saturated heterocycles. The van der Waals surface area contributed by atoms with Crippen LogP contribution < -0.4 is 10.9 Å². The van der Waals surface area contributed by atoms with Crippen LogP contribution in [0.25, 0.3) is 10.2 Å². The van der Waals surface area contributed by atoms with Gasteiger partial charge in [0.15, 0.2) is 5.13 Å². The van der Waals surface area contributed by atoms with Crippen molar-refractivity contribution in [2.24, 2.45) is 0 Å². The van der Waals surface area contributed by atoms with E-state index in [4.69, 9.17) is 9.72 Å². The molecule has 184 valence electrons. The van der Waals surface area contributed by atoms with Gasteiger partial charge in [0.1, 0.15) is 22.1 Å². The lowest BCUT2D eigenvalue weighted by molar-refractivity contribution is -0.116.